The first-order chi connectivity index (χ1) is 16.8. The first-order valence-electron chi connectivity index (χ1n) is 12.5. The summed E-state index contributed by atoms with van der Waals surface area (Å²) in [5.74, 6) is 1.47. The molecule has 1 aliphatic rings. The molecule has 35 heavy (non-hydrogen) atoms. The molecule has 0 saturated heterocycles. The van der Waals surface area contributed by atoms with Gasteiger partial charge in [-0.15, -0.1) is 0 Å². The SMILES string of the molecule is COc1ccc(CN2CCCCCc3cc(C(=O)N(C)C)ccc3OC[C@@H](O)[C@@H](O)CC2)c(C)c1. The molecule has 2 aromatic rings. The summed E-state index contributed by atoms with van der Waals surface area (Å²) in [6.07, 6.45) is 2.45. The Kier molecular flexibility index (Phi) is 9.95. The molecule has 1 amide bonds. The van der Waals surface area contributed by atoms with E-state index < -0.39 is 12.2 Å². The van der Waals surface area contributed by atoms with Gasteiger partial charge in [0.2, 0.25) is 0 Å². The molecule has 0 saturated carbocycles. The molecule has 0 radical (unpaired) electrons. The molecule has 2 N–H and O–H groups in total. The van der Waals surface area contributed by atoms with Crippen molar-refractivity contribution in [2.45, 2.75) is 57.8 Å². The van der Waals surface area contributed by atoms with Crippen LogP contribution in [0.1, 0.15) is 52.7 Å². The highest BCUT2D eigenvalue weighted by Crippen LogP contribution is 2.25. The van der Waals surface area contributed by atoms with Crippen molar-refractivity contribution in [3.8, 4) is 11.5 Å². The van der Waals surface area contributed by atoms with Crippen molar-refractivity contribution in [2.24, 2.45) is 0 Å². The third-order valence-electron chi connectivity index (χ3n) is 6.67. The van der Waals surface area contributed by atoms with Gasteiger partial charge in [-0.2, -0.15) is 0 Å². The number of fused-ring (bicyclic) bond motifs is 1. The minimum Gasteiger partial charge on any atom is -0.497 e. The monoisotopic (exact) mass is 484 g/mol. The molecule has 2 aromatic carbocycles. The molecule has 3 rings (SSSR count). The van der Waals surface area contributed by atoms with Crippen LogP contribution in [0, 0.1) is 6.92 Å². The Morgan fingerprint density at radius 3 is 2.60 bits per heavy atom. The average Bonchev–Trinajstić information content (AvgIpc) is 2.85. The third kappa shape index (κ3) is 7.69. The summed E-state index contributed by atoms with van der Waals surface area (Å²) in [4.78, 5) is 16.3. The average molecular weight is 485 g/mol. The number of rotatable bonds is 4. The van der Waals surface area contributed by atoms with Gasteiger partial charge in [0.1, 0.15) is 24.2 Å². The van der Waals surface area contributed by atoms with Gasteiger partial charge in [-0.1, -0.05) is 12.5 Å². The van der Waals surface area contributed by atoms with Crippen LogP contribution in [-0.2, 0) is 13.0 Å². The Morgan fingerprint density at radius 1 is 1.09 bits per heavy atom. The number of nitrogens with zero attached hydrogens (tertiary/aromatic N) is 2. The maximum Gasteiger partial charge on any atom is 0.253 e. The maximum atomic E-state index is 12.4. The number of hydrogen-bond acceptors (Lipinski definition) is 6. The van der Waals surface area contributed by atoms with E-state index in [0.29, 0.717) is 24.3 Å². The van der Waals surface area contributed by atoms with Crippen molar-refractivity contribution < 1.29 is 24.5 Å². The van der Waals surface area contributed by atoms with E-state index in [2.05, 4.69) is 17.9 Å². The molecule has 7 heteroatoms. The van der Waals surface area contributed by atoms with Crippen LogP contribution in [0.25, 0.3) is 0 Å². The minimum atomic E-state index is -0.988. The molecule has 0 aliphatic carbocycles. The summed E-state index contributed by atoms with van der Waals surface area (Å²) in [5.41, 5.74) is 4.00. The number of benzene rings is 2. The second-order valence-corrected chi connectivity index (χ2v) is 9.64. The molecule has 0 unspecified atom stereocenters. The van der Waals surface area contributed by atoms with E-state index in [4.69, 9.17) is 9.47 Å². The highest BCUT2D eigenvalue weighted by Gasteiger charge is 2.21. The predicted molar refractivity (Wildman–Crippen MR) is 137 cm³/mol. The van der Waals surface area contributed by atoms with Gasteiger partial charge in [0.05, 0.1) is 13.2 Å². The Balaban J connectivity index is 1.72. The highest BCUT2D eigenvalue weighted by molar-refractivity contribution is 5.94. The second-order valence-electron chi connectivity index (χ2n) is 9.64. The van der Waals surface area contributed by atoms with Crippen LogP contribution in [0.5, 0.6) is 11.5 Å². The predicted octanol–water partition coefficient (Wildman–Crippen LogP) is 3.42. The number of aryl methyl sites for hydroxylation is 2. The number of methoxy groups -OCH3 is 1. The van der Waals surface area contributed by atoms with Crippen molar-refractivity contribution >= 4 is 5.91 Å². The normalized spacial score (nSPS) is 20.3. The summed E-state index contributed by atoms with van der Waals surface area (Å²) < 4.78 is 11.2. The second kappa shape index (κ2) is 12.9. The smallest absolute Gasteiger partial charge is 0.253 e. The minimum absolute atomic E-state index is 0.00667. The van der Waals surface area contributed by atoms with E-state index in [1.54, 1.807) is 38.2 Å². The molecule has 2 atom stereocenters. The van der Waals surface area contributed by atoms with Crippen LogP contribution in [-0.4, -0.2) is 79.0 Å². The zero-order valence-electron chi connectivity index (χ0n) is 21.5. The Bertz CT molecular complexity index is 978. The fourth-order valence-corrected chi connectivity index (χ4v) is 4.41. The van der Waals surface area contributed by atoms with E-state index in [0.717, 1.165) is 50.1 Å². The molecule has 0 fully saturated rings. The lowest BCUT2D eigenvalue weighted by molar-refractivity contribution is -0.0163. The zero-order valence-corrected chi connectivity index (χ0v) is 21.5. The molecule has 1 heterocycles. The summed E-state index contributed by atoms with van der Waals surface area (Å²) in [7, 11) is 5.15. The number of carbonyl (C=O) groups is 1. The van der Waals surface area contributed by atoms with E-state index in [-0.39, 0.29) is 12.5 Å². The van der Waals surface area contributed by atoms with Crippen molar-refractivity contribution in [1.29, 1.82) is 0 Å². The summed E-state index contributed by atoms with van der Waals surface area (Å²) in [6.45, 7) is 4.48. The first-order valence-corrected chi connectivity index (χ1v) is 12.5. The number of hydrogen-bond donors (Lipinski definition) is 2. The molecule has 0 spiro atoms. The van der Waals surface area contributed by atoms with Gasteiger partial charge in [-0.25, -0.2) is 0 Å². The fraction of sp³-hybridized carbons (Fsp3) is 0.536. The molecule has 0 bridgehead atoms. The van der Waals surface area contributed by atoms with Gasteiger partial charge in [0.15, 0.2) is 0 Å². The van der Waals surface area contributed by atoms with Gasteiger partial charge >= 0.3 is 0 Å². The van der Waals surface area contributed by atoms with Crippen LogP contribution in [0.15, 0.2) is 36.4 Å². The molecular formula is C28H40N2O5. The lowest BCUT2D eigenvalue weighted by Gasteiger charge is -2.27. The maximum absolute atomic E-state index is 12.4. The van der Waals surface area contributed by atoms with Crippen LogP contribution < -0.4 is 9.47 Å². The molecule has 7 nitrogen and oxygen atoms in total. The van der Waals surface area contributed by atoms with Crippen molar-refractivity contribution in [2.75, 3.05) is 40.9 Å². The van der Waals surface area contributed by atoms with Crippen molar-refractivity contribution in [1.82, 2.24) is 9.80 Å². The van der Waals surface area contributed by atoms with Gasteiger partial charge in [-0.05, 0) is 86.2 Å². The summed E-state index contributed by atoms with van der Waals surface area (Å²) in [6, 6.07) is 11.6. The number of aliphatic hydroxyl groups excluding tert-OH is 2. The third-order valence-corrected chi connectivity index (χ3v) is 6.67. The standard InChI is InChI=1S/C28H40N2O5/c1-20-16-24(34-4)11-9-23(20)18-30-14-7-5-6-8-21-17-22(28(33)29(2)3)10-12-27(21)35-19-26(32)25(31)13-15-30/h9-12,16-17,25-26,31-32H,5-8,13-15,18-19H2,1-4H3/t25-,26+/m0/s1. The number of aliphatic hydroxyl groups is 2. The van der Waals surface area contributed by atoms with Gasteiger partial charge < -0.3 is 24.6 Å². The Morgan fingerprint density at radius 2 is 1.89 bits per heavy atom. The summed E-state index contributed by atoms with van der Waals surface area (Å²) in [5, 5.41) is 21.1. The van der Waals surface area contributed by atoms with Crippen LogP contribution in [0.3, 0.4) is 0 Å². The fourth-order valence-electron chi connectivity index (χ4n) is 4.41. The molecular weight excluding hydrogens is 444 g/mol. The largest absolute Gasteiger partial charge is 0.497 e. The van der Waals surface area contributed by atoms with Gasteiger partial charge in [0.25, 0.3) is 5.91 Å². The zero-order chi connectivity index (χ0) is 25.4. The van der Waals surface area contributed by atoms with E-state index in [1.807, 2.05) is 18.2 Å². The Labute approximate surface area is 209 Å². The quantitative estimate of drug-likeness (QED) is 0.692. The number of carbonyl (C=O) groups excluding carboxylic acids is 1. The van der Waals surface area contributed by atoms with Crippen LogP contribution in [0.4, 0.5) is 0 Å². The molecule has 0 aromatic heterocycles. The molecule has 1 aliphatic heterocycles. The summed E-state index contributed by atoms with van der Waals surface area (Å²) >= 11 is 0. The lowest BCUT2D eigenvalue weighted by atomic mass is 10.0. The first kappa shape index (κ1) is 27.0. The highest BCUT2D eigenvalue weighted by atomic mass is 16.5. The van der Waals surface area contributed by atoms with Crippen LogP contribution >= 0.6 is 0 Å². The van der Waals surface area contributed by atoms with E-state index in [1.165, 1.54) is 11.1 Å². The number of ether oxygens (including phenoxy) is 2. The lowest BCUT2D eigenvalue weighted by Crippen LogP contribution is -2.36. The van der Waals surface area contributed by atoms with Gasteiger partial charge in [-0.3, -0.25) is 9.69 Å². The van der Waals surface area contributed by atoms with Crippen LogP contribution in [0.2, 0.25) is 0 Å². The van der Waals surface area contributed by atoms with Crippen molar-refractivity contribution in [3.05, 3.63) is 58.7 Å². The van der Waals surface area contributed by atoms with Gasteiger partial charge in [0, 0.05) is 32.7 Å². The van der Waals surface area contributed by atoms with E-state index in [9.17, 15) is 15.0 Å². The van der Waals surface area contributed by atoms with Crippen molar-refractivity contribution in [3.63, 3.8) is 0 Å². The Hall–Kier alpha value is -2.61. The van der Waals surface area contributed by atoms with E-state index >= 15 is 0 Å². The topological polar surface area (TPSA) is 82.5 Å². The number of amides is 1. The molecule has 192 valence electrons.